The van der Waals surface area contributed by atoms with Gasteiger partial charge in [0.15, 0.2) is 11.5 Å². The van der Waals surface area contributed by atoms with Gasteiger partial charge < -0.3 is 19.5 Å². The predicted molar refractivity (Wildman–Crippen MR) is 155 cm³/mol. The second-order valence-corrected chi connectivity index (χ2v) is 10.5. The number of amides is 1. The average Bonchev–Trinajstić information content (AvgIpc) is 3.36. The van der Waals surface area contributed by atoms with Crippen molar-refractivity contribution in [2.24, 2.45) is 0 Å². The maximum Gasteiger partial charge on any atom is 0.310 e. The van der Waals surface area contributed by atoms with Crippen molar-refractivity contribution < 1.29 is 23.8 Å². The van der Waals surface area contributed by atoms with E-state index in [2.05, 4.69) is 15.5 Å². The zero-order chi connectivity index (χ0) is 27.9. The van der Waals surface area contributed by atoms with Crippen LogP contribution in [-0.4, -0.2) is 35.8 Å². The van der Waals surface area contributed by atoms with Crippen molar-refractivity contribution in [3.63, 3.8) is 0 Å². The summed E-state index contributed by atoms with van der Waals surface area (Å²) in [6, 6.07) is 17.1. The summed E-state index contributed by atoms with van der Waals surface area (Å²) >= 11 is 12.2. The van der Waals surface area contributed by atoms with Crippen LogP contribution in [0.3, 0.4) is 0 Å². The molecule has 11 heteroatoms. The molecule has 1 atom stereocenters. The Morgan fingerprint density at radius 2 is 1.77 bits per heavy atom. The fourth-order valence-electron chi connectivity index (χ4n) is 3.70. The number of aryl methyl sites for hydroxylation is 1. The number of methoxy groups -OCH3 is 1. The molecule has 0 fully saturated rings. The molecule has 4 aromatic rings. The Balaban J connectivity index is 1.68. The molecule has 8 nitrogen and oxygen atoms in total. The number of carbonyl (C=O) groups is 2. The van der Waals surface area contributed by atoms with Crippen LogP contribution >= 0.6 is 35.6 Å². The summed E-state index contributed by atoms with van der Waals surface area (Å²) in [6.07, 6.45) is 0.0932. The van der Waals surface area contributed by atoms with Crippen LogP contribution in [-0.2, 0) is 16.0 Å². The lowest BCUT2D eigenvalue weighted by Gasteiger charge is -2.18. The van der Waals surface area contributed by atoms with E-state index in [9.17, 15) is 9.59 Å². The molecule has 39 heavy (non-hydrogen) atoms. The zero-order valence-corrected chi connectivity index (χ0v) is 23.9. The first-order valence-electron chi connectivity index (χ1n) is 12.0. The number of hydrogen-bond acceptors (Lipinski definition) is 9. The first-order valence-corrected chi connectivity index (χ1v) is 13.7. The van der Waals surface area contributed by atoms with Crippen molar-refractivity contribution in [1.29, 1.82) is 0 Å². The molecule has 0 aliphatic heterocycles. The topological polar surface area (TPSA) is 99.6 Å². The highest BCUT2D eigenvalue weighted by molar-refractivity contribution is 7.81. The number of carbonyl (C=O) groups excluding carboxylic acids is 2. The molecule has 0 spiro atoms. The quantitative estimate of drug-likeness (QED) is 0.159. The van der Waals surface area contributed by atoms with Crippen LogP contribution in [0.25, 0.3) is 0 Å². The molecule has 4 rings (SSSR count). The molecule has 1 heterocycles. The van der Waals surface area contributed by atoms with Crippen LogP contribution in [0.4, 0.5) is 5.69 Å². The third kappa shape index (κ3) is 7.29. The average molecular weight is 584 g/mol. The van der Waals surface area contributed by atoms with E-state index in [4.69, 9.17) is 38.4 Å². The molecule has 1 N–H and O–H groups in total. The van der Waals surface area contributed by atoms with Crippen LogP contribution < -0.4 is 14.8 Å². The highest BCUT2D eigenvalue weighted by atomic mass is 35.5. The highest BCUT2D eigenvalue weighted by Crippen LogP contribution is 2.41. The lowest BCUT2D eigenvalue weighted by molar-refractivity contribution is -0.142. The molecule has 1 aromatic heterocycles. The number of rotatable bonds is 10. The maximum atomic E-state index is 12.8. The largest absolute Gasteiger partial charge is 0.493 e. The summed E-state index contributed by atoms with van der Waals surface area (Å²) in [7, 11) is 1.54. The Bertz CT molecular complexity index is 1480. The van der Waals surface area contributed by atoms with Crippen molar-refractivity contribution >= 4 is 53.1 Å². The number of thiol groups is 1. The number of aromatic nitrogens is 2. The molecule has 0 aliphatic rings. The van der Waals surface area contributed by atoms with Crippen molar-refractivity contribution in [2.45, 2.75) is 25.5 Å². The van der Waals surface area contributed by atoms with Gasteiger partial charge in [0.1, 0.15) is 15.8 Å². The van der Waals surface area contributed by atoms with E-state index in [0.29, 0.717) is 56.3 Å². The van der Waals surface area contributed by atoms with Crippen molar-refractivity contribution in [3.8, 4) is 17.2 Å². The van der Waals surface area contributed by atoms with Crippen LogP contribution in [0.2, 0.25) is 5.02 Å². The maximum absolute atomic E-state index is 12.8. The van der Waals surface area contributed by atoms with E-state index in [1.807, 2.05) is 6.92 Å². The van der Waals surface area contributed by atoms with E-state index >= 15 is 0 Å². The molecule has 0 aliphatic carbocycles. The highest BCUT2D eigenvalue weighted by Gasteiger charge is 2.22. The molecule has 202 valence electrons. The van der Waals surface area contributed by atoms with E-state index in [-0.39, 0.29) is 18.3 Å². The number of anilines is 1. The van der Waals surface area contributed by atoms with Crippen LogP contribution in [0.15, 0.2) is 60.7 Å². The second kappa shape index (κ2) is 13.0. The van der Waals surface area contributed by atoms with Gasteiger partial charge >= 0.3 is 5.97 Å². The minimum Gasteiger partial charge on any atom is -0.493 e. The molecule has 0 saturated carbocycles. The van der Waals surface area contributed by atoms with E-state index in [0.717, 1.165) is 5.01 Å². The SMILES string of the molecule is CCOC(=O)Cc1ccc(OC)c(Oc2ccc(NC(=O)c3ccc(Cl)cc3)cc2C(S)c2nnc(C)s2)c1. The summed E-state index contributed by atoms with van der Waals surface area (Å²) in [6.45, 7) is 3.93. The fraction of sp³-hybridized carbons (Fsp3) is 0.214. The summed E-state index contributed by atoms with van der Waals surface area (Å²) in [5.41, 5.74) is 2.37. The van der Waals surface area contributed by atoms with Crippen LogP contribution in [0.1, 0.15) is 43.7 Å². The van der Waals surface area contributed by atoms with E-state index in [1.165, 1.54) is 18.4 Å². The lowest BCUT2D eigenvalue weighted by atomic mass is 10.1. The third-order valence-electron chi connectivity index (χ3n) is 5.55. The number of benzene rings is 3. The number of esters is 1. The minimum absolute atomic E-state index is 0.0932. The van der Waals surface area contributed by atoms with Gasteiger partial charge in [0.05, 0.1) is 25.4 Å². The molecular formula is C28H26ClN3O5S2. The van der Waals surface area contributed by atoms with Gasteiger partial charge in [-0.1, -0.05) is 17.7 Å². The second-order valence-electron chi connectivity index (χ2n) is 8.34. The van der Waals surface area contributed by atoms with Gasteiger partial charge in [-0.05, 0) is 74.0 Å². The standard InChI is InChI=1S/C28H26ClN3O5S2/c1-4-36-25(33)14-17-5-11-23(35-3)24(13-17)37-22-12-10-20(30-27(34)18-6-8-19(29)9-7-18)15-21(22)26(38)28-32-31-16(2)39-28/h5-13,15,26,38H,4,14H2,1-3H3,(H,30,34). The molecule has 0 bridgehead atoms. The van der Waals surface area contributed by atoms with E-state index in [1.54, 1.807) is 67.6 Å². The monoisotopic (exact) mass is 583 g/mol. The number of halogens is 1. The normalized spacial score (nSPS) is 11.5. The summed E-state index contributed by atoms with van der Waals surface area (Å²) in [5.74, 6) is 0.738. The predicted octanol–water partition coefficient (Wildman–Crippen LogP) is 6.68. The Morgan fingerprint density at radius 3 is 2.44 bits per heavy atom. The van der Waals surface area contributed by atoms with Gasteiger partial charge in [-0.25, -0.2) is 0 Å². The number of nitrogens with zero attached hydrogens (tertiary/aromatic N) is 2. The van der Waals surface area contributed by atoms with Crippen molar-refractivity contribution in [1.82, 2.24) is 10.2 Å². The zero-order valence-electron chi connectivity index (χ0n) is 21.4. The van der Waals surface area contributed by atoms with Gasteiger partial charge in [0, 0.05) is 21.8 Å². The Hall–Kier alpha value is -3.60. The molecule has 0 saturated heterocycles. The van der Waals surface area contributed by atoms with Crippen LogP contribution in [0.5, 0.6) is 17.2 Å². The molecular weight excluding hydrogens is 558 g/mol. The first kappa shape index (κ1) is 28.4. The molecule has 1 unspecified atom stereocenters. The Labute approximate surface area is 240 Å². The number of ether oxygens (including phenoxy) is 3. The smallest absolute Gasteiger partial charge is 0.310 e. The van der Waals surface area contributed by atoms with Crippen molar-refractivity contribution in [2.75, 3.05) is 19.0 Å². The van der Waals surface area contributed by atoms with Gasteiger partial charge in [0.25, 0.3) is 5.91 Å². The first-order chi connectivity index (χ1) is 18.8. The molecule has 3 aromatic carbocycles. The van der Waals surface area contributed by atoms with Gasteiger partial charge in [-0.15, -0.1) is 21.5 Å². The molecule has 0 radical (unpaired) electrons. The number of nitrogens with one attached hydrogen (secondary N) is 1. The Morgan fingerprint density at radius 1 is 1.03 bits per heavy atom. The summed E-state index contributed by atoms with van der Waals surface area (Å²) in [4.78, 5) is 24.9. The van der Waals surface area contributed by atoms with E-state index < -0.39 is 5.25 Å². The fourth-order valence-corrected chi connectivity index (χ4v) is 4.94. The Kier molecular flexibility index (Phi) is 9.45. The van der Waals surface area contributed by atoms with Gasteiger partial charge in [-0.3, -0.25) is 9.59 Å². The van der Waals surface area contributed by atoms with Crippen molar-refractivity contribution in [3.05, 3.63) is 92.4 Å². The van der Waals surface area contributed by atoms with Gasteiger partial charge in [-0.2, -0.15) is 12.6 Å². The summed E-state index contributed by atoms with van der Waals surface area (Å²) < 4.78 is 16.9. The minimum atomic E-state index is -0.493. The van der Waals surface area contributed by atoms with Gasteiger partial charge in [0.2, 0.25) is 0 Å². The number of hydrogen-bond donors (Lipinski definition) is 2. The molecule has 1 amide bonds. The lowest BCUT2D eigenvalue weighted by Crippen LogP contribution is -2.12. The van der Waals surface area contributed by atoms with Crippen LogP contribution in [0, 0.1) is 6.92 Å². The summed E-state index contributed by atoms with van der Waals surface area (Å²) in [5, 5.41) is 12.8. The third-order valence-corrected chi connectivity index (χ3v) is 7.40.